The summed E-state index contributed by atoms with van der Waals surface area (Å²) in [6, 6.07) is -0.291. The van der Waals surface area contributed by atoms with Crippen molar-refractivity contribution in [3.8, 4) is 0 Å². The van der Waals surface area contributed by atoms with E-state index in [1.807, 2.05) is 13.8 Å². The van der Waals surface area contributed by atoms with Crippen LogP contribution in [0.25, 0.3) is 0 Å². The van der Waals surface area contributed by atoms with Crippen molar-refractivity contribution in [3.63, 3.8) is 0 Å². The van der Waals surface area contributed by atoms with E-state index in [1.165, 1.54) is 32.4 Å². The molecule has 32 heavy (non-hydrogen) atoms. The highest BCUT2D eigenvalue weighted by Gasteiger charge is 2.20. The first kappa shape index (κ1) is 38.6. The number of nitrogens with two attached hydrogens (primary N) is 2. The molecule has 0 aromatic carbocycles. The van der Waals surface area contributed by atoms with Crippen molar-refractivity contribution in [1.82, 2.24) is 4.90 Å². The first-order valence-corrected chi connectivity index (χ1v) is 11.6. The largest absolute Gasteiger partial charge is 0.480 e. The Bertz CT molecular complexity index is 407. The number of rotatable bonds is 10. The molecule has 1 heterocycles. The summed E-state index contributed by atoms with van der Waals surface area (Å²) in [5.41, 5.74) is 10.6. The summed E-state index contributed by atoms with van der Waals surface area (Å²) >= 11 is 0. The molecule has 1 aliphatic rings. The summed E-state index contributed by atoms with van der Waals surface area (Å²) in [6.45, 7) is 15.4. The summed E-state index contributed by atoms with van der Waals surface area (Å²) in [7, 11) is 0. The second-order valence-electron chi connectivity index (χ2n) is 9.71. The minimum Gasteiger partial charge on any atom is -0.480 e. The van der Waals surface area contributed by atoms with Crippen LogP contribution >= 0.6 is 0 Å². The number of carboxylic acids is 1. The van der Waals surface area contributed by atoms with Crippen molar-refractivity contribution < 1.29 is 20.1 Å². The third kappa shape index (κ3) is 24.0. The van der Waals surface area contributed by atoms with Crippen LogP contribution in [0.5, 0.6) is 0 Å². The Kier molecular flexibility index (Phi) is 28.3. The Balaban J connectivity index is -0.000000185. The van der Waals surface area contributed by atoms with Gasteiger partial charge in [0.2, 0.25) is 0 Å². The second kappa shape index (κ2) is 23.5. The monoisotopic (exact) mass is 460 g/mol. The van der Waals surface area contributed by atoms with Crippen molar-refractivity contribution in [2.75, 3.05) is 26.3 Å². The highest BCUT2D eigenvalue weighted by Crippen LogP contribution is 2.17. The molecule has 3 radical (unpaired) electrons. The Morgan fingerprint density at radius 3 is 1.50 bits per heavy atom. The average molecular weight is 461 g/mol. The van der Waals surface area contributed by atoms with E-state index in [0.29, 0.717) is 36.8 Å². The predicted octanol–water partition coefficient (Wildman–Crippen LogP) is 2.93. The van der Waals surface area contributed by atoms with Crippen LogP contribution in [0.15, 0.2) is 0 Å². The number of hydrogen-bond donors (Lipinski definition) is 5. The maximum absolute atomic E-state index is 10.1. The van der Waals surface area contributed by atoms with Gasteiger partial charge in [0, 0.05) is 20.5 Å². The molecule has 0 aromatic heterocycles. The van der Waals surface area contributed by atoms with Crippen LogP contribution in [0.3, 0.4) is 0 Å². The van der Waals surface area contributed by atoms with Gasteiger partial charge in [-0.1, -0.05) is 55.4 Å². The lowest BCUT2D eigenvalue weighted by Gasteiger charge is -2.34. The van der Waals surface area contributed by atoms with Crippen molar-refractivity contribution in [1.29, 1.82) is 0 Å². The molecular weight excluding hydrogens is 405 g/mol. The zero-order valence-corrected chi connectivity index (χ0v) is 21.0. The lowest BCUT2D eigenvalue weighted by molar-refractivity contribution is -0.138. The molecule has 0 aromatic rings. The number of nitrogens with zero attached hydrogens (tertiary/aromatic N) is 1. The minimum absolute atomic E-state index is 0. The van der Waals surface area contributed by atoms with Gasteiger partial charge in [-0.15, -0.1) is 0 Å². The van der Waals surface area contributed by atoms with Gasteiger partial charge in [-0.25, -0.2) is 0 Å². The van der Waals surface area contributed by atoms with E-state index in [0.717, 1.165) is 12.8 Å². The lowest BCUT2D eigenvalue weighted by atomic mass is 10.0. The van der Waals surface area contributed by atoms with Gasteiger partial charge in [0.15, 0.2) is 0 Å². The second-order valence-corrected chi connectivity index (χ2v) is 9.71. The molecule has 0 amide bonds. The Morgan fingerprint density at radius 2 is 1.25 bits per heavy atom. The van der Waals surface area contributed by atoms with Crippen molar-refractivity contribution >= 4 is 14.4 Å². The fraction of sp³-hybridized carbons (Fsp3) is 0.958. The van der Waals surface area contributed by atoms with Crippen LogP contribution in [0.2, 0.25) is 0 Å². The first-order valence-electron chi connectivity index (χ1n) is 11.6. The lowest BCUT2D eigenvalue weighted by Crippen LogP contribution is -2.42. The smallest absolute Gasteiger partial charge is 0.320 e. The number of aliphatic hydroxyl groups excluding tert-OH is 2. The molecule has 1 rings (SSSR count). The summed E-state index contributed by atoms with van der Waals surface area (Å²) in [4.78, 5) is 12.6. The van der Waals surface area contributed by atoms with Gasteiger partial charge in [-0.2, -0.15) is 0 Å². The molecule has 0 aliphatic carbocycles. The van der Waals surface area contributed by atoms with E-state index in [9.17, 15) is 9.90 Å². The summed E-state index contributed by atoms with van der Waals surface area (Å²) < 4.78 is 0. The normalized spacial score (nSPS) is 16.5. The van der Waals surface area contributed by atoms with E-state index in [-0.39, 0.29) is 28.5 Å². The van der Waals surface area contributed by atoms with Crippen LogP contribution < -0.4 is 11.5 Å². The quantitative estimate of drug-likeness (QED) is 0.317. The van der Waals surface area contributed by atoms with Gasteiger partial charge in [0.05, 0.1) is 13.2 Å². The third-order valence-corrected chi connectivity index (χ3v) is 4.91. The highest BCUT2D eigenvalue weighted by molar-refractivity contribution is 5.75. The predicted molar refractivity (Wildman–Crippen MR) is 138 cm³/mol. The van der Waals surface area contributed by atoms with Gasteiger partial charge in [-0.3, -0.25) is 9.69 Å². The fourth-order valence-electron chi connectivity index (χ4n) is 3.46. The molecule has 7 nitrogen and oxygen atoms in total. The summed E-state index contributed by atoms with van der Waals surface area (Å²) in [5.74, 6) is 0.732. The molecular formula is C24H55BN3O4. The third-order valence-electron chi connectivity index (χ3n) is 4.91. The van der Waals surface area contributed by atoms with Crippen LogP contribution in [-0.4, -0.2) is 79.0 Å². The molecule has 3 atom stereocenters. The van der Waals surface area contributed by atoms with E-state index in [1.54, 1.807) is 0 Å². The molecule has 0 unspecified atom stereocenters. The molecule has 0 saturated carbocycles. The number of likely N-dealkylation sites (tertiary alicyclic amines) is 1. The fourth-order valence-corrected chi connectivity index (χ4v) is 3.46. The highest BCUT2D eigenvalue weighted by atomic mass is 16.4. The van der Waals surface area contributed by atoms with Gasteiger partial charge < -0.3 is 26.8 Å². The topological polar surface area (TPSA) is 133 Å². The molecule has 1 aliphatic heterocycles. The number of carboxylic acid groups (broad SMARTS) is 1. The van der Waals surface area contributed by atoms with Gasteiger partial charge in [-0.05, 0) is 62.9 Å². The van der Waals surface area contributed by atoms with Crippen molar-refractivity contribution in [3.05, 3.63) is 0 Å². The van der Waals surface area contributed by atoms with Gasteiger partial charge >= 0.3 is 5.97 Å². The average Bonchev–Trinajstić information content (AvgIpc) is 2.66. The molecule has 1 fully saturated rings. The van der Waals surface area contributed by atoms with E-state index < -0.39 is 12.0 Å². The number of piperidine rings is 1. The van der Waals surface area contributed by atoms with Crippen LogP contribution in [0.1, 0.15) is 87.5 Å². The van der Waals surface area contributed by atoms with E-state index in [2.05, 4.69) is 32.6 Å². The molecule has 1 saturated heterocycles. The summed E-state index contributed by atoms with van der Waals surface area (Å²) in [5, 5.41) is 26.1. The molecule has 8 heteroatoms. The van der Waals surface area contributed by atoms with Gasteiger partial charge in [0.1, 0.15) is 6.04 Å². The minimum atomic E-state index is -0.913. The molecule has 0 spiro atoms. The standard InChI is InChI=1S/C11H23NO.C6H13NO2.C6H15NO.CH4.B/c1-10(2)8-11(9-13)12-6-4-3-5-7-12;1-4(2)3-5(7)6(8)9;1-5(2)3-6(7)4-8;;/h10-11,13H,3-9H2,1-2H3;4-5H,3,7H2,1-2H3,(H,8,9);5-6,8H,3-4,7H2,1-2H3;1H4;/t11-;5-;6-;;/m000../s1. The Morgan fingerprint density at radius 1 is 0.812 bits per heavy atom. The van der Waals surface area contributed by atoms with Crippen molar-refractivity contribution in [2.24, 2.45) is 29.2 Å². The zero-order chi connectivity index (χ0) is 23.7. The molecule has 0 bridgehead atoms. The van der Waals surface area contributed by atoms with Crippen LogP contribution in [0, 0.1) is 17.8 Å². The summed E-state index contributed by atoms with van der Waals surface area (Å²) in [6.07, 6.45) is 6.60. The maximum atomic E-state index is 10.1. The SMILES string of the molecule is C.CC(C)C[C@@H](CO)N1CCCCC1.CC(C)C[C@H](N)C(=O)O.CC(C)C[C@H](N)CO.[B]. The Hall–Kier alpha value is -0.665. The van der Waals surface area contributed by atoms with Crippen LogP contribution in [0.4, 0.5) is 0 Å². The van der Waals surface area contributed by atoms with E-state index >= 15 is 0 Å². The van der Waals surface area contributed by atoms with Gasteiger partial charge in [0.25, 0.3) is 0 Å². The first-order chi connectivity index (χ1) is 13.9. The van der Waals surface area contributed by atoms with Crippen LogP contribution in [-0.2, 0) is 4.79 Å². The Labute approximate surface area is 200 Å². The zero-order valence-electron chi connectivity index (χ0n) is 21.0. The number of aliphatic hydroxyl groups is 2. The maximum Gasteiger partial charge on any atom is 0.320 e. The number of hydrogen-bond acceptors (Lipinski definition) is 6. The van der Waals surface area contributed by atoms with E-state index in [4.69, 9.17) is 21.7 Å². The number of aliphatic carboxylic acids is 1. The van der Waals surface area contributed by atoms with Crippen molar-refractivity contribution in [2.45, 2.75) is 106 Å². The molecule has 193 valence electrons. The molecule has 7 N–H and O–H groups in total. The number of carbonyl (C=O) groups is 1.